The van der Waals surface area contributed by atoms with Gasteiger partial charge in [0, 0.05) is 9.26 Å². The van der Waals surface area contributed by atoms with Crippen LogP contribution in [0.4, 0.5) is 5.69 Å². The molecule has 0 aliphatic heterocycles. The van der Waals surface area contributed by atoms with Crippen molar-refractivity contribution in [2.75, 3.05) is 5.73 Å². The smallest absolute Gasteiger partial charge is 0.117 e. The van der Waals surface area contributed by atoms with Gasteiger partial charge >= 0.3 is 0 Å². The standard InChI is InChI=1S/C14H9BIN/c15-13-10-6-5-8-3-1-2-4-9(8)11(10)7-12(16)14(13)17/h1-7H,17H2. The minimum absolute atomic E-state index is 0.674. The fourth-order valence-electron chi connectivity index (χ4n) is 2.16. The van der Waals surface area contributed by atoms with Crippen LogP contribution in [0, 0.1) is 3.57 Å². The van der Waals surface area contributed by atoms with Gasteiger partial charge < -0.3 is 5.73 Å². The van der Waals surface area contributed by atoms with Gasteiger partial charge in [0.15, 0.2) is 0 Å². The van der Waals surface area contributed by atoms with Gasteiger partial charge in [0.1, 0.15) is 7.85 Å². The molecule has 2 radical (unpaired) electrons. The predicted octanol–water partition coefficient (Wildman–Crippen LogP) is 2.97. The molecule has 0 bridgehead atoms. The van der Waals surface area contributed by atoms with Gasteiger partial charge in [-0.2, -0.15) is 0 Å². The van der Waals surface area contributed by atoms with Gasteiger partial charge in [-0.1, -0.05) is 41.9 Å². The summed E-state index contributed by atoms with van der Waals surface area (Å²) >= 11 is 2.23. The molecule has 3 aromatic carbocycles. The highest BCUT2D eigenvalue weighted by molar-refractivity contribution is 14.1. The number of nitrogens with two attached hydrogens (primary N) is 1. The van der Waals surface area contributed by atoms with E-state index in [1.807, 2.05) is 18.2 Å². The molecule has 0 aliphatic carbocycles. The van der Waals surface area contributed by atoms with Crippen molar-refractivity contribution in [3.63, 3.8) is 0 Å². The fraction of sp³-hybridized carbons (Fsp3) is 0. The second-order valence-electron chi connectivity index (χ2n) is 4.07. The lowest BCUT2D eigenvalue weighted by atomic mass is 9.87. The van der Waals surface area contributed by atoms with Crippen LogP contribution in [-0.4, -0.2) is 7.85 Å². The minimum atomic E-state index is 0.674. The summed E-state index contributed by atoms with van der Waals surface area (Å²) in [6, 6.07) is 14.5. The van der Waals surface area contributed by atoms with Crippen molar-refractivity contribution in [3.8, 4) is 0 Å². The second kappa shape index (κ2) is 3.91. The summed E-state index contributed by atoms with van der Waals surface area (Å²) in [6.07, 6.45) is 0. The van der Waals surface area contributed by atoms with Crippen LogP contribution in [0.5, 0.6) is 0 Å². The molecular weight excluding hydrogens is 320 g/mol. The molecule has 1 nitrogen and oxygen atoms in total. The number of hydrogen-bond acceptors (Lipinski definition) is 1. The highest BCUT2D eigenvalue weighted by atomic mass is 127. The monoisotopic (exact) mass is 329 g/mol. The second-order valence-corrected chi connectivity index (χ2v) is 5.23. The lowest BCUT2D eigenvalue weighted by molar-refractivity contribution is 1.72. The molecule has 17 heavy (non-hydrogen) atoms. The molecule has 3 rings (SSSR count). The van der Waals surface area contributed by atoms with Gasteiger partial charge in [0.2, 0.25) is 0 Å². The number of fused-ring (bicyclic) bond motifs is 3. The number of nitrogen functional groups attached to an aromatic ring is 1. The molecule has 0 aromatic heterocycles. The Morgan fingerprint density at radius 3 is 2.53 bits per heavy atom. The third-order valence-corrected chi connectivity index (χ3v) is 3.97. The van der Waals surface area contributed by atoms with Crippen LogP contribution in [0.2, 0.25) is 0 Å². The van der Waals surface area contributed by atoms with E-state index < -0.39 is 0 Å². The maximum absolute atomic E-state index is 6.08. The molecule has 0 spiro atoms. The molecular formula is C14H9BIN. The first-order valence-corrected chi connectivity index (χ1v) is 6.41. The van der Waals surface area contributed by atoms with Gasteiger partial charge in [0.05, 0.1) is 0 Å². The van der Waals surface area contributed by atoms with Crippen LogP contribution in [0.15, 0.2) is 42.5 Å². The number of benzene rings is 3. The molecule has 0 saturated heterocycles. The SMILES string of the molecule is [B]c1c(N)c(I)cc2c1ccc1ccccc12. The molecule has 2 N–H and O–H groups in total. The fourth-order valence-corrected chi connectivity index (χ4v) is 2.77. The number of hydrogen-bond donors (Lipinski definition) is 1. The Morgan fingerprint density at radius 2 is 1.71 bits per heavy atom. The lowest BCUT2D eigenvalue weighted by Gasteiger charge is -2.11. The Kier molecular flexibility index (Phi) is 2.51. The predicted molar refractivity (Wildman–Crippen MR) is 84.0 cm³/mol. The number of rotatable bonds is 0. The van der Waals surface area contributed by atoms with E-state index in [4.69, 9.17) is 13.6 Å². The zero-order valence-electron chi connectivity index (χ0n) is 9.07. The van der Waals surface area contributed by atoms with E-state index in [1.54, 1.807) is 0 Å². The van der Waals surface area contributed by atoms with E-state index in [2.05, 4.69) is 46.9 Å². The van der Waals surface area contributed by atoms with Crippen molar-refractivity contribution < 1.29 is 0 Å². The molecule has 3 heteroatoms. The Balaban J connectivity index is 2.59. The molecule has 80 valence electrons. The first kappa shape index (κ1) is 10.9. The maximum Gasteiger partial charge on any atom is 0.117 e. The molecule has 0 aliphatic rings. The Hall–Kier alpha value is -1.23. The van der Waals surface area contributed by atoms with Crippen LogP contribution in [0.3, 0.4) is 0 Å². The van der Waals surface area contributed by atoms with Crippen LogP contribution in [0.25, 0.3) is 21.5 Å². The van der Waals surface area contributed by atoms with Gasteiger partial charge in [-0.15, -0.1) is 0 Å². The summed E-state index contributed by atoms with van der Waals surface area (Å²) in [4.78, 5) is 0. The first-order valence-electron chi connectivity index (χ1n) is 5.33. The average molecular weight is 329 g/mol. The highest BCUT2D eigenvalue weighted by Gasteiger charge is 2.07. The first-order chi connectivity index (χ1) is 8.18. The molecule has 0 fully saturated rings. The third kappa shape index (κ3) is 1.60. The zero-order valence-corrected chi connectivity index (χ0v) is 11.2. The van der Waals surface area contributed by atoms with Crippen molar-refractivity contribution >= 4 is 63.1 Å². The molecule has 0 unspecified atom stereocenters. The molecule has 0 saturated carbocycles. The minimum Gasteiger partial charge on any atom is -0.398 e. The summed E-state index contributed by atoms with van der Waals surface area (Å²) < 4.78 is 1.00. The number of anilines is 1. The van der Waals surface area contributed by atoms with Crippen LogP contribution < -0.4 is 11.2 Å². The van der Waals surface area contributed by atoms with E-state index >= 15 is 0 Å². The van der Waals surface area contributed by atoms with Crippen molar-refractivity contribution in [1.82, 2.24) is 0 Å². The average Bonchev–Trinajstić information content (AvgIpc) is 2.36. The Bertz CT molecular complexity index is 737. The summed E-state index contributed by atoms with van der Waals surface area (Å²) in [5, 5.41) is 4.63. The molecule has 0 amide bonds. The summed E-state index contributed by atoms with van der Waals surface area (Å²) in [7, 11) is 6.08. The number of halogens is 1. The summed E-state index contributed by atoms with van der Waals surface area (Å²) in [5.41, 5.74) is 7.31. The lowest BCUT2D eigenvalue weighted by Crippen LogP contribution is -2.12. The molecule has 0 heterocycles. The van der Waals surface area contributed by atoms with E-state index in [0.29, 0.717) is 11.2 Å². The highest BCUT2D eigenvalue weighted by Crippen LogP contribution is 2.27. The van der Waals surface area contributed by atoms with Gasteiger partial charge in [-0.25, -0.2) is 0 Å². The van der Waals surface area contributed by atoms with Crippen molar-refractivity contribution in [2.24, 2.45) is 0 Å². The van der Waals surface area contributed by atoms with Gasteiger partial charge in [-0.3, -0.25) is 0 Å². The maximum atomic E-state index is 6.08. The topological polar surface area (TPSA) is 26.0 Å². The van der Waals surface area contributed by atoms with Crippen molar-refractivity contribution in [3.05, 3.63) is 46.0 Å². The molecule has 3 aromatic rings. The Morgan fingerprint density at radius 1 is 0.941 bits per heavy atom. The summed E-state index contributed by atoms with van der Waals surface area (Å²) in [6.45, 7) is 0. The molecule has 0 atom stereocenters. The third-order valence-electron chi connectivity index (χ3n) is 3.08. The van der Waals surface area contributed by atoms with Crippen LogP contribution >= 0.6 is 22.6 Å². The van der Waals surface area contributed by atoms with Crippen molar-refractivity contribution in [2.45, 2.75) is 0 Å². The quantitative estimate of drug-likeness (QED) is 0.292. The van der Waals surface area contributed by atoms with Crippen LogP contribution in [0.1, 0.15) is 0 Å². The largest absolute Gasteiger partial charge is 0.398 e. The van der Waals surface area contributed by atoms with Crippen molar-refractivity contribution in [1.29, 1.82) is 0 Å². The normalized spacial score (nSPS) is 11.1. The van der Waals surface area contributed by atoms with Gasteiger partial charge in [0.25, 0.3) is 0 Å². The van der Waals surface area contributed by atoms with Crippen LogP contribution in [-0.2, 0) is 0 Å². The summed E-state index contributed by atoms with van der Waals surface area (Å²) in [5.74, 6) is 0. The Labute approximate surface area is 115 Å². The van der Waals surface area contributed by atoms with E-state index in [-0.39, 0.29) is 0 Å². The van der Waals surface area contributed by atoms with E-state index in [0.717, 1.165) is 8.96 Å². The van der Waals surface area contributed by atoms with E-state index in [1.165, 1.54) is 16.2 Å². The van der Waals surface area contributed by atoms with Gasteiger partial charge in [-0.05, 0) is 50.2 Å². The zero-order chi connectivity index (χ0) is 12.0. The van der Waals surface area contributed by atoms with E-state index in [9.17, 15) is 0 Å².